The lowest BCUT2D eigenvalue weighted by Gasteiger charge is -2.42. The molecule has 0 aromatic heterocycles. The fourth-order valence-electron chi connectivity index (χ4n) is 3.22. The smallest absolute Gasteiger partial charge is 0.422 e. The van der Waals surface area contributed by atoms with E-state index >= 15 is 0 Å². The monoisotopic (exact) mass is 401 g/mol. The fraction of sp³-hybridized carbons (Fsp3) is 0.650. The quantitative estimate of drug-likeness (QED) is 0.461. The molecule has 1 aromatic carbocycles. The second-order valence-electron chi connectivity index (χ2n) is 7.16. The van der Waals surface area contributed by atoms with E-state index in [0.717, 1.165) is 32.4 Å². The molecule has 0 spiro atoms. The molecule has 1 saturated carbocycles. The summed E-state index contributed by atoms with van der Waals surface area (Å²) in [5, 5.41) is 6.57. The van der Waals surface area contributed by atoms with Crippen LogP contribution >= 0.6 is 0 Å². The number of aliphatic imine (C=N–C) groups is 1. The highest BCUT2D eigenvalue weighted by Crippen LogP contribution is 2.43. The Kier molecular flexibility index (Phi) is 8.41. The number of ether oxygens (including phenoxy) is 2. The summed E-state index contributed by atoms with van der Waals surface area (Å²) in [6.07, 6.45) is 0.187. The first-order valence-corrected chi connectivity index (χ1v) is 9.66. The first-order valence-electron chi connectivity index (χ1n) is 9.66. The summed E-state index contributed by atoms with van der Waals surface area (Å²) >= 11 is 0. The third-order valence-corrected chi connectivity index (χ3v) is 5.00. The second-order valence-corrected chi connectivity index (χ2v) is 7.16. The van der Waals surface area contributed by atoms with Crippen molar-refractivity contribution in [1.82, 2.24) is 10.6 Å². The van der Waals surface area contributed by atoms with Crippen molar-refractivity contribution in [2.45, 2.75) is 45.3 Å². The van der Waals surface area contributed by atoms with Crippen LogP contribution in [0.1, 0.15) is 38.2 Å². The van der Waals surface area contributed by atoms with Gasteiger partial charge in [0.25, 0.3) is 0 Å². The maximum Gasteiger partial charge on any atom is 0.422 e. The minimum absolute atomic E-state index is 0.204. The van der Waals surface area contributed by atoms with Crippen molar-refractivity contribution in [1.29, 1.82) is 0 Å². The Morgan fingerprint density at radius 3 is 2.57 bits per heavy atom. The Balaban J connectivity index is 1.98. The van der Waals surface area contributed by atoms with Crippen LogP contribution in [0.25, 0.3) is 0 Å². The lowest BCUT2D eigenvalue weighted by Crippen LogP contribution is -2.46. The van der Waals surface area contributed by atoms with Crippen LogP contribution in [0, 0.1) is 5.41 Å². The molecule has 1 aromatic rings. The second kappa shape index (κ2) is 10.5. The molecule has 0 radical (unpaired) electrons. The average Bonchev–Trinajstić information content (AvgIpc) is 2.63. The lowest BCUT2D eigenvalue weighted by molar-refractivity contribution is -0.153. The van der Waals surface area contributed by atoms with E-state index in [1.165, 1.54) is 12.5 Å². The zero-order chi connectivity index (χ0) is 20.5. The van der Waals surface area contributed by atoms with Crippen LogP contribution < -0.4 is 15.4 Å². The number of nitrogens with zero attached hydrogens (tertiary/aromatic N) is 1. The summed E-state index contributed by atoms with van der Waals surface area (Å²) in [7, 11) is 1.71. The maximum absolute atomic E-state index is 12.4. The Labute approximate surface area is 164 Å². The van der Waals surface area contributed by atoms with Gasteiger partial charge in [-0.15, -0.1) is 0 Å². The predicted molar refractivity (Wildman–Crippen MR) is 104 cm³/mol. The van der Waals surface area contributed by atoms with Crippen LogP contribution in [0.3, 0.4) is 0 Å². The van der Waals surface area contributed by atoms with E-state index in [9.17, 15) is 13.2 Å². The fourth-order valence-corrected chi connectivity index (χ4v) is 3.22. The molecule has 2 rings (SSSR count). The minimum atomic E-state index is -4.37. The number of halogens is 3. The molecule has 0 atom stereocenters. The van der Waals surface area contributed by atoms with Crippen molar-refractivity contribution in [3.05, 3.63) is 29.8 Å². The summed E-state index contributed by atoms with van der Waals surface area (Å²) < 4.78 is 47.5. The molecule has 158 valence electrons. The van der Waals surface area contributed by atoms with Gasteiger partial charge in [-0.1, -0.05) is 24.6 Å². The first kappa shape index (κ1) is 22.3. The van der Waals surface area contributed by atoms with Crippen LogP contribution in [0.15, 0.2) is 29.3 Å². The Morgan fingerprint density at radius 1 is 1.21 bits per heavy atom. The molecule has 0 unspecified atom stereocenters. The van der Waals surface area contributed by atoms with Gasteiger partial charge in [0.1, 0.15) is 5.75 Å². The van der Waals surface area contributed by atoms with Crippen molar-refractivity contribution in [2.75, 3.05) is 33.4 Å². The highest BCUT2D eigenvalue weighted by Gasteiger charge is 2.36. The third kappa shape index (κ3) is 7.22. The molecule has 0 saturated heterocycles. The van der Waals surface area contributed by atoms with Gasteiger partial charge in [-0.2, -0.15) is 13.2 Å². The van der Waals surface area contributed by atoms with E-state index in [4.69, 9.17) is 9.47 Å². The van der Waals surface area contributed by atoms with Crippen molar-refractivity contribution in [3.63, 3.8) is 0 Å². The van der Waals surface area contributed by atoms with Crippen LogP contribution in [-0.2, 0) is 11.3 Å². The average molecular weight is 401 g/mol. The number of methoxy groups -OCH3 is 1. The van der Waals surface area contributed by atoms with Gasteiger partial charge in [0, 0.05) is 32.4 Å². The maximum atomic E-state index is 12.4. The predicted octanol–water partition coefficient (Wildman–Crippen LogP) is 3.89. The molecule has 0 heterocycles. The largest absolute Gasteiger partial charge is 0.484 e. The van der Waals surface area contributed by atoms with Gasteiger partial charge >= 0.3 is 6.18 Å². The van der Waals surface area contributed by atoms with Gasteiger partial charge in [-0.05, 0) is 37.7 Å². The molecule has 28 heavy (non-hydrogen) atoms. The van der Waals surface area contributed by atoms with E-state index in [0.29, 0.717) is 18.1 Å². The summed E-state index contributed by atoms with van der Waals surface area (Å²) in [6, 6.07) is 6.67. The summed E-state index contributed by atoms with van der Waals surface area (Å²) in [4.78, 5) is 4.53. The number of nitrogens with one attached hydrogen (secondary N) is 2. The lowest BCUT2D eigenvalue weighted by atomic mass is 9.67. The zero-order valence-corrected chi connectivity index (χ0v) is 16.6. The molecule has 8 heteroatoms. The van der Waals surface area contributed by atoms with Crippen molar-refractivity contribution < 1.29 is 22.6 Å². The van der Waals surface area contributed by atoms with Gasteiger partial charge in [-0.3, -0.25) is 0 Å². The molecule has 0 bridgehead atoms. The van der Waals surface area contributed by atoms with Gasteiger partial charge in [0.15, 0.2) is 12.6 Å². The van der Waals surface area contributed by atoms with Gasteiger partial charge < -0.3 is 20.1 Å². The number of rotatable bonds is 10. The molecule has 1 aliphatic carbocycles. The Hall–Kier alpha value is -1.96. The molecule has 2 N–H and O–H groups in total. The first-order chi connectivity index (χ1) is 13.4. The van der Waals surface area contributed by atoms with Crippen LogP contribution in [-0.4, -0.2) is 45.5 Å². The molecule has 1 fully saturated rings. The summed E-state index contributed by atoms with van der Waals surface area (Å²) in [6.45, 7) is 3.13. The summed E-state index contributed by atoms with van der Waals surface area (Å²) in [5.74, 6) is 0.854. The van der Waals surface area contributed by atoms with Crippen LogP contribution in [0.5, 0.6) is 5.75 Å². The van der Waals surface area contributed by atoms with Crippen molar-refractivity contribution >= 4 is 5.96 Å². The van der Waals surface area contributed by atoms with E-state index in [1.807, 2.05) is 6.92 Å². The minimum Gasteiger partial charge on any atom is -0.484 e. The van der Waals surface area contributed by atoms with Crippen LogP contribution in [0.2, 0.25) is 0 Å². The van der Waals surface area contributed by atoms with E-state index < -0.39 is 12.8 Å². The van der Waals surface area contributed by atoms with E-state index in [2.05, 4.69) is 15.6 Å². The molecule has 5 nitrogen and oxygen atoms in total. The SMILES string of the molecule is CCNC(=NCc1ccccc1OCC(F)(F)F)NCC1(CCOC)CCC1. The van der Waals surface area contributed by atoms with Crippen molar-refractivity contribution in [2.24, 2.45) is 10.4 Å². The van der Waals surface area contributed by atoms with Crippen LogP contribution in [0.4, 0.5) is 13.2 Å². The third-order valence-electron chi connectivity index (χ3n) is 5.00. The van der Waals surface area contributed by atoms with Gasteiger partial charge in [-0.25, -0.2) is 4.99 Å². The van der Waals surface area contributed by atoms with Gasteiger partial charge in [0.05, 0.1) is 6.54 Å². The Bertz CT molecular complexity index is 631. The molecular formula is C20H30F3N3O2. The molecule has 1 aliphatic rings. The van der Waals surface area contributed by atoms with Gasteiger partial charge in [0.2, 0.25) is 0 Å². The topological polar surface area (TPSA) is 54.9 Å². The normalized spacial score (nSPS) is 16.4. The zero-order valence-electron chi connectivity index (χ0n) is 16.6. The highest BCUT2D eigenvalue weighted by atomic mass is 19.4. The number of alkyl halides is 3. The molecule has 0 aliphatic heterocycles. The van der Waals surface area contributed by atoms with Crippen molar-refractivity contribution in [3.8, 4) is 5.75 Å². The van der Waals surface area contributed by atoms with E-state index in [-0.39, 0.29) is 17.7 Å². The standard InChI is InChI=1S/C20H30F3N3O2/c1-3-24-18(26-14-19(9-6-10-19)11-12-27-2)25-13-16-7-4-5-8-17(16)28-15-20(21,22)23/h4-5,7-8H,3,6,9-15H2,1-2H3,(H2,24,25,26). The molecular weight excluding hydrogens is 371 g/mol. The highest BCUT2D eigenvalue weighted by molar-refractivity contribution is 5.79. The number of para-hydroxylation sites is 1. The number of hydrogen-bond acceptors (Lipinski definition) is 3. The Morgan fingerprint density at radius 2 is 1.96 bits per heavy atom. The summed E-state index contributed by atoms with van der Waals surface area (Å²) in [5.41, 5.74) is 0.849. The molecule has 0 amide bonds. The number of hydrogen-bond donors (Lipinski definition) is 2. The van der Waals surface area contributed by atoms with E-state index in [1.54, 1.807) is 25.3 Å². The number of guanidine groups is 1. The number of benzene rings is 1.